The van der Waals surface area contributed by atoms with Crippen molar-refractivity contribution >= 4 is 0 Å². The molecule has 2 heteroatoms. The lowest BCUT2D eigenvalue weighted by Gasteiger charge is -2.28. The highest BCUT2D eigenvalue weighted by Gasteiger charge is 2.52. The maximum Gasteiger partial charge on any atom is 0.0899 e. The van der Waals surface area contributed by atoms with Crippen molar-refractivity contribution in [3.63, 3.8) is 0 Å². The van der Waals surface area contributed by atoms with Crippen molar-refractivity contribution in [2.24, 2.45) is 5.41 Å². The molecule has 2 aliphatic heterocycles. The molecule has 3 rings (SSSR count). The van der Waals surface area contributed by atoms with Crippen molar-refractivity contribution in [1.82, 2.24) is 0 Å². The van der Waals surface area contributed by atoms with Gasteiger partial charge in [-0.05, 0) is 42.2 Å². The number of ether oxygens (including phenoxy) is 1. The van der Waals surface area contributed by atoms with Gasteiger partial charge in [0, 0.05) is 0 Å². The fourth-order valence-corrected chi connectivity index (χ4v) is 3.63. The Hall–Kier alpha value is -1.33. The highest BCUT2D eigenvalue weighted by Crippen LogP contribution is 2.49. The van der Waals surface area contributed by atoms with E-state index in [-0.39, 0.29) is 16.9 Å². The summed E-state index contributed by atoms with van der Waals surface area (Å²) in [6.07, 6.45) is 4.41. The molecule has 0 saturated carbocycles. The number of nitrogens with zero attached hydrogens (tertiary/aromatic N) is 1. The number of rotatable bonds is 2. The van der Waals surface area contributed by atoms with Crippen molar-refractivity contribution < 1.29 is 4.74 Å². The molecule has 0 aliphatic carbocycles. The Morgan fingerprint density at radius 1 is 1.25 bits per heavy atom. The summed E-state index contributed by atoms with van der Waals surface area (Å²) in [6.45, 7) is 6.67. The predicted octanol–water partition coefficient (Wildman–Crippen LogP) is 3.99. The average Bonchev–Trinajstić information content (AvgIpc) is 2.99. The van der Waals surface area contributed by atoms with Crippen molar-refractivity contribution in [1.29, 1.82) is 5.26 Å². The third-order valence-electron chi connectivity index (χ3n) is 4.88. The van der Waals surface area contributed by atoms with Gasteiger partial charge in [0.1, 0.15) is 0 Å². The van der Waals surface area contributed by atoms with Crippen LogP contribution in [0, 0.1) is 16.7 Å². The van der Waals surface area contributed by atoms with Crippen LogP contribution in [-0.2, 0) is 16.6 Å². The van der Waals surface area contributed by atoms with E-state index in [1.165, 1.54) is 11.1 Å². The van der Waals surface area contributed by atoms with Gasteiger partial charge in [-0.2, -0.15) is 5.26 Å². The smallest absolute Gasteiger partial charge is 0.0899 e. The lowest BCUT2D eigenvalue weighted by molar-refractivity contribution is 0.0787. The summed E-state index contributed by atoms with van der Waals surface area (Å²) in [5.74, 6) is 0. The van der Waals surface area contributed by atoms with Gasteiger partial charge in [-0.25, -0.2) is 0 Å². The van der Waals surface area contributed by atoms with E-state index in [0.29, 0.717) is 6.10 Å². The van der Waals surface area contributed by atoms with E-state index < -0.39 is 0 Å². The third kappa shape index (κ3) is 2.25. The SMILES string of the molecule is CC(C)(C)c1ccc(CC2(C#N)CC3CCC2O3)cc1. The highest BCUT2D eigenvalue weighted by atomic mass is 16.5. The van der Waals surface area contributed by atoms with E-state index >= 15 is 0 Å². The molecule has 0 N–H and O–H groups in total. The second-order valence-corrected chi connectivity index (χ2v) is 7.42. The Labute approximate surface area is 121 Å². The molecule has 2 aliphatic rings. The van der Waals surface area contributed by atoms with E-state index in [2.05, 4.69) is 51.1 Å². The van der Waals surface area contributed by atoms with Gasteiger partial charge in [0.2, 0.25) is 0 Å². The largest absolute Gasteiger partial charge is 0.373 e. The van der Waals surface area contributed by atoms with Crippen LogP contribution in [0.2, 0.25) is 0 Å². The van der Waals surface area contributed by atoms with Gasteiger partial charge in [-0.3, -0.25) is 0 Å². The lowest BCUT2D eigenvalue weighted by Crippen LogP contribution is -2.33. The molecule has 2 saturated heterocycles. The molecule has 2 nitrogen and oxygen atoms in total. The standard InChI is InChI=1S/C18H23NO/c1-17(2,3)14-6-4-13(5-7-14)10-18(12-19)11-15-8-9-16(18)20-15/h4-7,15-16H,8-11H2,1-3H3. The lowest BCUT2D eigenvalue weighted by atomic mass is 9.71. The molecule has 2 bridgehead atoms. The van der Waals surface area contributed by atoms with Crippen LogP contribution in [0.4, 0.5) is 0 Å². The zero-order chi connectivity index (χ0) is 14.4. The summed E-state index contributed by atoms with van der Waals surface area (Å²) in [4.78, 5) is 0. The second-order valence-electron chi connectivity index (χ2n) is 7.42. The van der Waals surface area contributed by atoms with Crippen LogP contribution in [0.3, 0.4) is 0 Å². The summed E-state index contributed by atoms with van der Waals surface area (Å²) in [6, 6.07) is 11.4. The van der Waals surface area contributed by atoms with Crippen molar-refractivity contribution in [3.05, 3.63) is 35.4 Å². The summed E-state index contributed by atoms with van der Waals surface area (Å²) in [5, 5.41) is 9.65. The maximum absolute atomic E-state index is 9.65. The van der Waals surface area contributed by atoms with Crippen LogP contribution in [0.5, 0.6) is 0 Å². The molecule has 0 spiro atoms. The Morgan fingerprint density at radius 3 is 2.40 bits per heavy atom. The molecule has 1 aromatic carbocycles. The Bertz CT molecular complexity index is 534. The summed E-state index contributed by atoms with van der Waals surface area (Å²) in [7, 11) is 0. The molecular weight excluding hydrogens is 246 g/mol. The molecule has 2 fully saturated rings. The minimum Gasteiger partial charge on any atom is -0.373 e. The van der Waals surface area contributed by atoms with Crippen LogP contribution in [-0.4, -0.2) is 12.2 Å². The van der Waals surface area contributed by atoms with Crippen LogP contribution in [0.1, 0.15) is 51.2 Å². The molecule has 3 atom stereocenters. The first-order valence-electron chi connectivity index (χ1n) is 7.59. The fourth-order valence-electron chi connectivity index (χ4n) is 3.63. The predicted molar refractivity (Wildman–Crippen MR) is 79.4 cm³/mol. The fraction of sp³-hybridized carbons (Fsp3) is 0.611. The van der Waals surface area contributed by atoms with Gasteiger partial charge in [0.15, 0.2) is 0 Å². The summed E-state index contributed by atoms with van der Waals surface area (Å²) >= 11 is 0. The van der Waals surface area contributed by atoms with Gasteiger partial charge in [0.05, 0.1) is 23.7 Å². The average molecular weight is 269 g/mol. The number of benzene rings is 1. The first kappa shape index (κ1) is 13.6. The van der Waals surface area contributed by atoms with Crippen molar-refractivity contribution in [2.75, 3.05) is 0 Å². The zero-order valence-corrected chi connectivity index (χ0v) is 12.6. The van der Waals surface area contributed by atoms with E-state index in [4.69, 9.17) is 4.74 Å². The molecule has 0 amide bonds. The van der Waals surface area contributed by atoms with Crippen molar-refractivity contribution in [2.45, 2.75) is 64.1 Å². The van der Waals surface area contributed by atoms with E-state index in [0.717, 1.165) is 25.7 Å². The normalized spacial score (nSPS) is 32.3. The first-order valence-corrected chi connectivity index (χ1v) is 7.59. The Morgan fingerprint density at radius 2 is 1.95 bits per heavy atom. The zero-order valence-electron chi connectivity index (χ0n) is 12.6. The first-order chi connectivity index (χ1) is 9.43. The van der Waals surface area contributed by atoms with E-state index in [1.807, 2.05) is 0 Å². The monoisotopic (exact) mass is 269 g/mol. The second kappa shape index (κ2) is 4.60. The number of hydrogen-bond acceptors (Lipinski definition) is 2. The number of nitriles is 1. The third-order valence-corrected chi connectivity index (χ3v) is 4.88. The highest BCUT2D eigenvalue weighted by molar-refractivity contribution is 5.30. The quantitative estimate of drug-likeness (QED) is 0.813. The minimum atomic E-state index is -0.286. The molecular formula is C18H23NO. The molecule has 106 valence electrons. The van der Waals surface area contributed by atoms with Crippen LogP contribution >= 0.6 is 0 Å². The number of fused-ring (bicyclic) bond motifs is 2. The summed E-state index contributed by atoms with van der Waals surface area (Å²) in [5.41, 5.74) is 2.50. The van der Waals surface area contributed by atoms with Gasteiger partial charge >= 0.3 is 0 Å². The Kier molecular flexibility index (Phi) is 3.14. The topological polar surface area (TPSA) is 33.0 Å². The maximum atomic E-state index is 9.65. The van der Waals surface area contributed by atoms with Crippen LogP contribution in [0.15, 0.2) is 24.3 Å². The van der Waals surface area contributed by atoms with E-state index in [9.17, 15) is 5.26 Å². The molecule has 20 heavy (non-hydrogen) atoms. The molecule has 1 aromatic rings. The van der Waals surface area contributed by atoms with Gasteiger partial charge in [0.25, 0.3) is 0 Å². The van der Waals surface area contributed by atoms with Gasteiger partial charge < -0.3 is 4.74 Å². The van der Waals surface area contributed by atoms with Gasteiger partial charge in [-0.15, -0.1) is 0 Å². The van der Waals surface area contributed by atoms with Crippen molar-refractivity contribution in [3.8, 4) is 6.07 Å². The molecule has 2 heterocycles. The molecule has 0 radical (unpaired) electrons. The van der Waals surface area contributed by atoms with Crippen LogP contribution in [0.25, 0.3) is 0 Å². The van der Waals surface area contributed by atoms with E-state index in [1.54, 1.807) is 0 Å². The molecule has 0 aromatic heterocycles. The molecule has 3 unspecified atom stereocenters. The van der Waals surface area contributed by atoms with Crippen LogP contribution < -0.4 is 0 Å². The van der Waals surface area contributed by atoms with Gasteiger partial charge in [-0.1, -0.05) is 45.0 Å². The Balaban J connectivity index is 1.79. The number of hydrogen-bond donors (Lipinski definition) is 0. The minimum absolute atomic E-state index is 0.153. The summed E-state index contributed by atoms with van der Waals surface area (Å²) < 4.78 is 5.91.